The molecular weight excluding hydrogens is 322 g/mol. The van der Waals surface area contributed by atoms with Gasteiger partial charge in [-0.15, -0.1) is 0 Å². The van der Waals surface area contributed by atoms with Crippen LogP contribution in [0.15, 0.2) is 24.4 Å². The highest BCUT2D eigenvalue weighted by Gasteiger charge is 2.28. The quantitative estimate of drug-likeness (QED) is 0.915. The molecule has 5 heteroatoms. The van der Waals surface area contributed by atoms with Crippen molar-refractivity contribution in [3.8, 4) is 0 Å². The van der Waals surface area contributed by atoms with Crippen LogP contribution < -0.4 is 5.32 Å². The van der Waals surface area contributed by atoms with Crippen molar-refractivity contribution < 1.29 is 0 Å². The summed E-state index contributed by atoms with van der Waals surface area (Å²) in [6.07, 6.45) is 7.76. The standard InChI is InChI=1S/C21H29N5/c1-15-13-26(14-17-7-5-6-11-22-17)12-10-19(15)25-21-18-8-3-4-9-20(18)23-16(2)24-21/h5-7,11,15,19H,3-4,8-10,12-14H2,1-2H3,(H,23,24,25). The van der Waals surface area contributed by atoms with Crippen LogP contribution in [0.5, 0.6) is 0 Å². The summed E-state index contributed by atoms with van der Waals surface area (Å²) in [6, 6.07) is 6.65. The van der Waals surface area contributed by atoms with Gasteiger partial charge in [0, 0.05) is 43.1 Å². The Hall–Kier alpha value is -2.01. The molecule has 2 aromatic rings. The summed E-state index contributed by atoms with van der Waals surface area (Å²) in [6.45, 7) is 7.51. The van der Waals surface area contributed by atoms with E-state index in [-0.39, 0.29) is 0 Å². The van der Waals surface area contributed by atoms with Crippen LogP contribution in [0.1, 0.15) is 49.0 Å². The number of pyridine rings is 1. The third-order valence-electron chi connectivity index (χ3n) is 5.72. The summed E-state index contributed by atoms with van der Waals surface area (Å²) in [5, 5.41) is 3.79. The van der Waals surface area contributed by atoms with E-state index in [0.717, 1.165) is 56.2 Å². The minimum Gasteiger partial charge on any atom is -0.367 e. The number of likely N-dealkylation sites (tertiary alicyclic amines) is 1. The third-order valence-corrected chi connectivity index (χ3v) is 5.72. The lowest BCUT2D eigenvalue weighted by atomic mass is 9.92. The summed E-state index contributed by atoms with van der Waals surface area (Å²) >= 11 is 0. The molecule has 1 fully saturated rings. The highest BCUT2D eigenvalue weighted by Crippen LogP contribution is 2.28. The molecule has 0 spiro atoms. The Morgan fingerprint density at radius 3 is 2.88 bits per heavy atom. The molecule has 1 aliphatic heterocycles. The summed E-state index contributed by atoms with van der Waals surface area (Å²) in [5.74, 6) is 2.58. The molecule has 2 atom stereocenters. The van der Waals surface area contributed by atoms with Gasteiger partial charge in [-0.1, -0.05) is 13.0 Å². The molecule has 138 valence electrons. The van der Waals surface area contributed by atoms with E-state index in [9.17, 15) is 0 Å². The topological polar surface area (TPSA) is 53.9 Å². The first kappa shape index (κ1) is 17.4. The van der Waals surface area contributed by atoms with Gasteiger partial charge in [-0.25, -0.2) is 9.97 Å². The van der Waals surface area contributed by atoms with Crippen LogP contribution in [0.4, 0.5) is 5.82 Å². The number of piperidine rings is 1. The third kappa shape index (κ3) is 3.88. The minimum absolute atomic E-state index is 0.482. The molecule has 4 rings (SSSR count). The van der Waals surface area contributed by atoms with E-state index in [1.54, 1.807) is 0 Å². The summed E-state index contributed by atoms with van der Waals surface area (Å²) in [5.41, 5.74) is 3.79. The molecule has 26 heavy (non-hydrogen) atoms. The molecule has 0 bridgehead atoms. The van der Waals surface area contributed by atoms with Crippen LogP contribution in [0.25, 0.3) is 0 Å². The fraction of sp³-hybridized carbons (Fsp3) is 0.571. The van der Waals surface area contributed by atoms with Gasteiger partial charge in [-0.3, -0.25) is 9.88 Å². The fourth-order valence-electron chi connectivity index (χ4n) is 4.32. The number of nitrogens with zero attached hydrogens (tertiary/aromatic N) is 4. The Balaban J connectivity index is 1.42. The van der Waals surface area contributed by atoms with Crippen LogP contribution in [0, 0.1) is 12.8 Å². The summed E-state index contributed by atoms with van der Waals surface area (Å²) < 4.78 is 0. The van der Waals surface area contributed by atoms with Crippen LogP contribution in [-0.4, -0.2) is 39.0 Å². The molecular formula is C21H29N5. The number of fused-ring (bicyclic) bond motifs is 1. The Morgan fingerprint density at radius 1 is 1.19 bits per heavy atom. The second-order valence-electron chi connectivity index (χ2n) is 7.82. The number of hydrogen-bond acceptors (Lipinski definition) is 5. The van der Waals surface area contributed by atoms with Crippen LogP contribution >= 0.6 is 0 Å². The molecule has 2 aliphatic rings. The average molecular weight is 351 g/mol. The Labute approximate surface area is 156 Å². The second-order valence-corrected chi connectivity index (χ2v) is 7.82. The van der Waals surface area contributed by atoms with Crippen molar-refractivity contribution in [1.29, 1.82) is 0 Å². The Morgan fingerprint density at radius 2 is 2.08 bits per heavy atom. The number of aryl methyl sites for hydroxylation is 2. The van der Waals surface area contributed by atoms with Crippen molar-refractivity contribution in [1.82, 2.24) is 19.9 Å². The molecule has 0 saturated carbocycles. The predicted molar refractivity (Wildman–Crippen MR) is 104 cm³/mol. The van der Waals surface area contributed by atoms with E-state index in [1.807, 2.05) is 19.2 Å². The Kier molecular flexibility index (Phi) is 5.16. The molecule has 0 radical (unpaired) electrons. The van der Waals surface area contributed by atoms with E-state index < -0.39 is 0 Å². The smallest absolute Gasteiger partial charge is 0.133 e. The van der Waals surface area contributed by atoms with Crippen LogP contribution in [0.3, 0.4) is 0 Å². The maximum Gasteiger partial charge on any atom is 0.133 e. The maximum atomic E-state index is 4.76. The maximum absolute atomic E-state index is 4.76. The van der Waals surface area contributed by atoms with E-state index in [0.29, 0.717) is 12.0 Å². The first-order valence-electron chi connectivity index (χ1n) is 9.94. The number of nitrogens with one attached hydrogen (secondary N) is 1. The fourth-order valence-corrected chi connectivity index (χ4v) is 4.32. The largest absolute Gasteiger partial charge is 0.367 e. The number of anilines is 1. The van der Waals surface area contributed by atoms with Crippen molar-refractivity contribution in [2.24, 2.45) is 5.92 Å². The number of aromatic nitrogens is 3. The zero-order valence-corrected chi connectivity index (χ0v) is 15.9. The summed E-state index contributed by atoms with van der Waals surface area (Å²) in [7, 11) is 0. The zero-order valence-electron chi connectivity index (χ0n) is 15.9. The van der Waals surface area contributed by atoms with Crippen molar-refractivity contribution in [2.75, 3.05) is 18.4 Å². The Bertz CT molecular complexity index is 746. The van der Waals surface area contributed by atoms with Gasteiger partial charge >= 0.3 is 0 Å². The van der Waals surface area contributed by atoms with Gasteiger partial charge in [-0.05, 0) is 57.1 Å². The molecule has 5 nitrogen and oxygen atoms in total. The minimum atomic E-state index is 0.482. The van der Waals surface area contributed by atoms with Gasteiger partial charge in [-0.2, -0.15) is 0 Å². The molecule has 1 N–H and O–H groups in total. The molecule has 3 heterocycles. The SMILES string of the molecule is Cc1nc2c(c(NC3CCN(Cc4ccccn4)CC3C)n1)CCCC2. The van der Waals surface area contributed by atoms with Crippen molar-refractivity contribution in [3.05, 3.63) is 47.2 Å². The van der Waals surface area contributed by atoms with Gasteiger partial charge in [0.25, 0.3) is 0 Å². The zero-order chi connectivity index (χ0) is 17.9. The van der Waals surface area contributed by atoms with E-state index in [2.05, 4.69) is 39.2 Å². The van der Waals surface area contributed by atoms with Gasteiger partial charge < -0.3 is 5.32 Å². The monoisotopic (exact) mass is 351 g/mol. The predicted octanol–water partition coefficient (Wildman–Crippen LogP) is 3.38. The lowest BCUT2D eigenvalue weighted by Gasteiger charge is -2.38. The van der Waals surface area contributed by atoms with Crippen molar-refractivity contribution in [2.45, 2.75) is 58.5 Å². The molecule has 2 unspecified atom stereocenters. The molecule has 0 amide bonds. The van der Waals surface area contributed by atoms with Crippen LogP contribution in [-0.2, 0) is 19.4 Å². The van der Waals surface area contributed by atoms with E-state index in [4.69, 9.17) is 4.98 Å². The molecule has 2 aromatic heterocycles. The van der Waals surface area contributed by atoms with Crippen molar-refractivity contribution in [3.63, 3.8) is 0 Å². The molecule has 0 aromatic carbocycles. The average Bonchev–Trinajstić information content (AvgIpc) is 2.64. The molecule has 1 aliphatic carbocycles. The number of hydrogen-bond donors (Lipinski definition) is 1. The molecule has 1 saturated heterocycles. The van der Waals surface area contributed by atoms with Crippen molar-refractivity contribution >= 4 is 5.82 Å². The second kappa shape index (κ2) is 7.70. The van der Waals surface area contributed by atoms with Gasteiger partial charge in [0.15, 0.2) is 0 Å². The lowest BCUT2D eigenvalue weighted by Crippen LogP contribution is -2.45. The van der Waals surface area contributed by atoms with Gasteiger partial charge in [0.1, 0.15) is 11.6 Å². The first-order chi connectivity index (χ1) is 12.7. The normalized spacial score (nSPS) is 23.5. The first-order valence-corrected chi connectivity index (χ1v) is 9.94. The lowest BCUT2D eigenvalue weighted by molar-refractivity contribution is 0.163. The van der Waals surface area contributed by atoms with Gasteiger partial charge in [0.2, 0.25) is 0 Å². The van der Waals surface area contributed by atoms with Crippen LogP contribution in [0.2, 0.25) is 0 Å². The highest BCUT2D eigenvalue weighted by atomic mass is 15.2. The highest BCUT2D eigenvalue weighted by molar-refractivity contribution is 5.48. The van der Waals surface area contributed by atoms with E-state index >= 15 is 0 Å². The van der Waals surface area contributed by atoms with Gasteiger partial charge in [0.05, 0.1) is 5.69 Å². The number of rotatable bonds is 4. The summed E-state index contributed by atoms with van der Waals surface area (Å²) in [4.78, 5) is 16.4. The van der Waals surface area contributed by atoms with E-state index in [1.165, 1.54) is 24.1 Å².